The summed E-state index contributed by atoms with van der Waals surface area (Å²) in [6, 6.07) is 1.88. The van der Waals surface area contributed by atoms with E-state index in [0.717, 1.165) is 24.2 Å². The number of carbonyl (C=O) groups excluding carboxylic acids is 1. The molecule has 1 rings (SSSR count). The molecule has 0 aromatic carbocycles. The Morgan fingerprint density at radius 2 is 2.09 bits per heavy atom. The Bertz CT molecular complexity index is 485. The molecule has 6 heteroatoms. The van der Waals surface area contributed by atoms with Crippen molar-refractivity contribution in [2.75, 3.05) is 6.61 Å². The second-order valence-corrected chi connectivity index (χ2v) is 7.08. The lowest BCUT2D eigenvalue weighted by atomic mass is 10.00. The van der Waals surface area contributed by atoms with E-state index in [1.54, 1.807) is 24.9 Å². The molecular weight excluding hydrogens is 341 g/mol. The largest absolute Gasteiger partial charge is 0.465 e. The zero-order valence-corrected chi connectivity index (χ0v) is 15.6. The molecule has 0 N–H and O–H groups in total. The van der Waals surface area contributed by atoms with E-state index in [-0.39, 0.29) is 5.97 Å². The molecule has 124 valence electrons. The quantitative estimate of drug-likeness (QED) is 0.323. The molecule has 1 aromatic rings. The molecule has 0 fully saturated rings. The average Bonchev–Trinajstić information content (AvgIpc) is 2.52. The molecule has 1 heterocycles. The molecule has 2 atom stereocenters. The highest BCUT2D eigenvalue weighted by Crippen LogP contribution is 2.38. The summed E-state index contributed by atoms with van der Waals surface area (Å²) in [5.41, 5.74) is 0. The van der Waals surface area contributed by atoms with Gasteiger partial charge in [0.05, 0.1) is 11.6 Å². The van der Waals surface area contributed by atoms with E-state index < -0.39 is 0 Å². The van der Waals surface area contributed by atoms with Crippen LogP contribution in [0.25, 0.3) is 0 Å². The van der Waals surface area contributed by atoms with Gasteiger partial charge in [-0.25, -0.2) is 4.98 Å². The van der Waals surface area contributed by atoms with Crippen molar-refractivity contribution in [2.24, 2.45) is 5.92 Å². The summed E-state index contributed by atoms with van der Waals surface area (Å²) < 4.78 is 5.34. The average molecular weight is 364 g/mol. The molecule has 1 aromatic heterocycles. The Hall–Kier alpha value is -0.450. The van der Waals surface area contributed by atoms with Gasteiger partial charge in [-0.3, -0.25) is 4.79 Å². The van der Waals surface area contributed by atoms with E-state index in [2.05, 4.69) is 18.8 Å². The van der Waals surface area contributed by atoms with Crippen molar-refractivity contribution in [1.29, 1.82) is 0 Å². The van der Waals surface area contributed by atoms with Crippen LogP contribution in [-0.4, -0.2) is 22.8 Å². The Morgan fingerprint density at radius 1 is 1.36 bits per heavy atom. The first kappa shape index (κ1) is 19.6. The zero-order valence-electron chi connectivity index (χ0n) is 13.3. The van der Waals surface area contributed by atoms with Crippen LogP contribution in [0.15, 0.2) is 17.2 Å². The second-order valence-electron chi connectivity index (χ2n) is 5.06. The fraction of sp³-hybridized carbons (Fsp3) is 0.625. The standard InChI is InChI=1S/C16H23Cl2NO2S/c1-4-7-12(11(5-2)10-21-14(20)6-3)22-13-8-9-19-16(18)15(13)17/h8-9,11-12H,4-7,10H2,1-3H3. The van der Waals surface area contributed by atoms with Crippen LogP contribution < -0.4 is 0 Å². The van der Waals surface area contributed by atoms with E-state index in [9.17, 15) is 4.79 Å². The molecule has 0 spiro atoms. The molecule has 0 bridgehead atoms. The Morgan fingerprint density at radius 3 is 2.68 bits per heavy atom. The topological polar surface area (TPSA) is 39.2 Å². The highest BCUT2D eigenvalue weighted by Gasteiger charge is 2.23. The third kappa shape index (κ3) is 5.98. The number of pyridine rings is 1. The van der Waals surface area contributed by atoms with Gasteiger partial charge in [0.2, 0.25) is 0 Å². The summed E-state index contributed by atoms with van der Waals surface area (Å²) in [5.74, 6) is 0.146. The van der Waals surface area contributed by atoms with Crippen molar-refractivity contribution >= 4 is 40.9 Å². The predicted octanol–water partition coefficient (Wildman–Crippen LogP) is 5.63. The number of aromatic nitrogens is 1. The van der Waals surface area contributed by atoms with E-state index in [0.29, 0.717) is 34.4 Å². The van der Waals surface area contributed by atoms with Gasteiger partial charge in [-0.1, -0.05) is 50.4 Å². The first-order valence-corrected chi connectivity index (χ1v) is 9.29. The number of halogens is 2. The Labute approximate surface area is 147 Å². The van der Waals surface area contributed by atoms with Gasteiger partial charge in [0.25, 0.3) is 0 Å². The predicted molar refractivity (Wildman–Crippen MR) is 93.8 cm³/mol. The van der Waals surface area contributed by atoms with Gasteiger partial charge >= 0.3 is 5.97 Å². The summed E-state index contributed by atoms with van der Waals surface area (Å²) in [6.07, 6.45) is 5.12. The van der Waals surface area contributed by atoms with Gasteiger partial charge in [0, 0.05) is 28.7 Å². The lowest BCUT2D eigenvalue weighted by molar-refractivity contribution is -0.144. The van der Waals surface area contributed by atoms with Crippen molar-refractivity contribution in [3.05, 3.63) is 22.4 Å². The smallest absolute Gasteiger partial charge is 0.305 e. The molecular formula is C16H23Cl2NO2S. The monoisotopic (exact) mass is 363 g/mol. The molecule has 22 heavy (non-hydrogen) atoms. The van der Waals surface area contributed by atoms with Crippen LogP contribution in [0.2, 0.25) is 10.2 Å². The summed E-state index contributed by atoms with van der Waals surface area (Å²) in [5, 5.41) is 1.15. The van der Waals surface area contributed by atoms with E-state index in [1.807, 2.05) is 6.07 Å². The fourth-order valence-electron chi connectivity index (χ4n) is 2.12. The van der Waals surface area contributed by atoms with Crippen LogP contribution >= 0.6 is 35.0 Å². The molecule has 0 aliphatic heterocycles. The number of hydrogen-bond acceptors (Lipinski definition) is 4. The number of hydrogen-bond donors (Lipinski definition) is 0. The summed E-state index contributed by atoms with van der Waals surface area (Å²) in [6.45, 7) is 6.53. The summed E-state index contributed by atoms with van der Waals surface area (Å²) >= 11 is 13.9. The molecule has 0 saturated carbocycles. The minimum Gasteiger partial charge on any atom is -0.465 e. The molecule has 3 nitrogen and oxygen atoms in total. The minimum absolute atomic E-state index is 0.149. The number of nitrogens with zero attached hydrogens (tertiary/aromatic N) is 1. The van der Waals surface area contributed by atoms with Crippen LogP contribution in [0.1, 0.15) is 46.5 Å². The maximum absolute atomic E-state index is 11.4. The lowest BCUT2D eigenvalue weighted by Crippen LogP contribution is -2.23. The zero-order chi connectivity index (χ0) is 16.5. The van der Waals surface area contributed by atoms with Gasteiger partial charge in [-0.05, 0) is 18.9 Å². The number of thioether (sulfide) groups is 1. The van der Waals surface area contributed by atoms with E-state index in [4.69, 9.17) is 27.9 Å². The van der Waals surface area contributed by atoms with Crippen LogP contribution in [-0.2, 0) is 9.53 Å². The second kappa shape index (κ2) is 10.3. The van der Waals surface area contributed by atoms with Gasteiger partial charge < -0.3 is 4.74 Å². The molecule has 0 aliphatic carbocycles. The first-order valence-electron chi connectivity index (χ1n) is 7.65. The lowest BCUT2D eigenvalue weighted by Gasteiger charge is -2.25. The third-order valence-corrected chi connectivity index (χ3v) is 5.86. The maximum Gasteiger partial charge on any atom is 0.305 e. The molecule has 0 saturated heterocycles. The summed E-state index contributed by atoms with van der Waals surface area (Å²) in [4.78, 5) is 16.3. The maximum atomic E-state index is 11.4. The molecule has 0 aliphatic rings. The number of ether oxygens (including phenoxy) is 1. The Balaban J connectivity index is 2.81. The van der Waals surface area contributed by atoms with Gasteiger partial charge in [0.1, 0.15) is 5.15 Å². The van der Waals surface area contributed by atoms with Gasteiger partial charge in [-0.2, -0.15) is 0 Å². The molecule has 0 amide bonds. The summed E-state index contributed by atoms with van der Waals surface area (Å²) in [7, 11) is 0. The van der Waals surface area contributed by atoms with Gasteiger partial charge in [0.15, 0.2) is 0 Å². The van der Waals surface area contributed by atoms with Crippen molar-refractivity contribution in [1.82, 2.24) is 4.98 Å². The van der Waals surface area contributed by atoms with Crippen molar-refractivity contribution in [3.63, 3.8) is 0 Å². The van der Waals surface area contributed by atoms with Crippen molar-refractivity contribution in [2.45, 2.75) is 56.6 Å². The normalized spacial score (nSPS) is 13.7. The minimum atomic E-state index is -0.149. The number of carbonyl (C=O) groups is 1. The number of esters is 1. The Kier molecular flexibility index (Phi) is 9.22. The SMILES string of the molecule is CCCC(Sc1ccnc(Cl)c1Cl)C(CC)COC(=O)CC. The first-order chi connectivity index (χ1) is 10.5. The van der Waals surface area contributed by atoms with Crippen LogP contribution in [0.4, 0.5) is 0 Å². The highest BCUT2D eigenvalue weighted by molar-refractivity contribution is 8.00. The number of rotatable bonds is 9. The highest BCUT2D eigenvalue weighted by atomic mass is 35.5. The molecule has 0 radical (unpaired) electrons. The van der Waals surface area contributed by atoms with Crippen LogP contribution in [0.3, 0.4) is 0 Å². The van der Waals surface area contributed by atoms with Crippen LogP contribution in [0, 0.1) is 5.92 Å². The van der Waals surface area contributed by atoms with E-state index >= 15 is 0 Å². The third-order valence-electron chi connectivity index (χ3n) is 3.46. The molecule has 2 unspecified atom stereocenters. The van der Waals surface area contributed by atoms with E-state index in [1.165, 1.54) is 0 Å². The van der Waals surface area contributed by atoms with Crippen molar-refractivity contribution in [3.8, 4) is 0 Å². The van der Waals surface area contributed by atoms with Crippen molar-refractivity contribution < 1.29 is 9.53 Å². The van der Waals surface area contributed by atoms with Gasteiger partial charge in [-0.15, -0.1) is 11.8 Å². The van der Waals surface area contributed by atoms with Crippen LogP contribution in [0.5, 0.6) is 0 Å². The fourth-order valence-corrected chi connectivity index (χ4v) is 4.06.